The molecule has 1 aliphatic rings. The second-order valence-electron chi connectivity index (χ2n) is 5.91. The standard InChI is InChI=1S/C17H27BrN2O/c1-2-10-20(16-8-6-15(19)7-9-16)11-12-21-17-5-3-4-14(18)13-17/h3-5,13,15-16H,2,6-12,19H2,1H3. The molecule has 4 heteroatoms. The number of rotatable bonds is 7. The Labute approximate surface area is 137 Å². The molecule has 1 saturated carbocycles. The van der Waals surface area contributed by atoms with Gasteiger partial charge in [-0.05, 0) is 56.8 Å². The fraction of sp³-hybridized carbons (Fsp3) is 0.647. The van der Waals surface area contributed by atoms with Gasteiger partial charge in [0.05, 0.1) is 0 Å². The minimum Gasteiger partial charge on any atom is -0.492 e. The summed E-state index contributed by atoms with van der Waals surface area (Å²) in [6, 6.07) is 9.16. The quantitative estimate of drug-likeness (QED) is 0.808. The molecule has 0 saturated heterocycles. The van der Waals surface area contributed by atoms with Crippen molar-refractivity contribution in [1.29, 1.82) is 0 Å². The van der Waals surface area contributed by atoms with Crippen LogP contribution in [0.15, 0.2) is 28.7 Å². The summed E-state index contributed by atoms with van der Waals surface area (Å²) >= 11 is 3.47. The first-order chi connectivity index (χ1) is 10.2. The van der Waals surface area contributed by atoms with E-state index in [0.29, 0.717) is 12.1 Å². The number of hydrogen-bond donors (Lipinski definition) is 1. The van der Waals surface area contributed by atoms with Crippen LogP contribution in [0.1, 0.15) is 39.0 Å². The minimum atomic E-state index is 0.419. The molecule has 0 amide bonds. The van der Waals surface area contributed by atoms with Gasteiger partial charge in [-0.1, -0.05) is 28.9 Å². The van der Waals surface area contributed by atoms with Crippen molar-refractivity contribution in [2.75, 3.05) is 19.7 Å². The van der Waals surface area contributed by atoms with Gasteiger partial charge in [-0.15, -0.1) is 0 Å². The zero-order chi connectivity index (χ0) is 15.1. The van der Waals surface area contributed by atoms with E-state index >= 15 is 0 Å². The number of benzene rings is 1. The molecule has 2 rings (SSSR count). The molecule has 0 unspecified atom stereocenters. The molecule has 0 bridgehead atoms. The van der Waals surface area contributed by atoms with E-state index in [9.17, 15) is 0 Å². The molecule has 0 spiro atoms. The second kappa shape index (κ2) is 8.76. The van der Waals surface area contributed by atoms with Gasteiger partial charge in [-0.3, -0.25) is 4.90 Å². The van der Waals surface area contributed by atoms with Crippen molar-refractivity contribution in [3.63, 3.8) is 0 Å². The van der Waals surface area contributed by atoms with Gasteiger partial charge in [0.1, 0.15) is 12.4 Å². The molecule has 1 fully saturated rings. The molecule has 0 atom stereocenters. The number of ether oxygens (including phenoxy) is 1. The third-order valence-electron chi connectivity index (χ3n) is 4.21. The van der Waals surface area contributed by atoms with E-state index in [-0.39, 0.29) is 0 Å². The lowest BCUT2D eigenvalue weighted by atomic mass is 9.90. The van der Waals surface area contributed by atoms with Crippen LogP contribution in [-0.4, -0.2) is 36.7 Å². The fourth-order valence-electron chi connectivity index (χ4n) is 3.07. The van der Waals surface area contributed by atoms with Crippen molar-refractivity contribution in [1.82, 2.24) is 4.90 Å². The van der Waals surface area contributed by atoms with Gasteiger partial charge < -0.3 is 10.5 Å². The molecule has 0 aliphatic heterocycles. The van der Waals surface area contributed by atoms with Crippen LogP contribution >= 0.6 is 15.9 Å². The maximum Gasteiger partial charge on any atom is 0.120 e. The lowest BCUT2D eigenvalue weighted by Gasteiger charge is -2.35. The van der Waals surface area contributed by atoms with E-state index in [1.807, 2.05) is 24.3 Å². The second-order valence-corrected chi connectivity index (χ2v) is 6.83. The average Bonchev–Trinajstić information content (AvgIpc) is 2.47. The van der Waals surface area contributed by atoms with Gasteiger partial charge in [0.25, 0.3) is 0 Å². The summed E-state index contributed by atoms with van der Waals surface area (Å²) in [5, 5.41) is 0. The van der Waals surface area contributed by atoms with Gasteiger partial charge in [0.2, 0.25) is 0 Å². The van der Waals surface area contributed by atoms with E-state index < -0.39 is 0 Å². The molecule has 1 aliphatic carbocycles. The summed E-state index contributed by atoms with van der Waals surface area (Å²) < 4.78 is 6.94. The molecule has 2 N–H and O–H groups in total. The monoisotopic (exact) mass is 354 g/mol. The van der Waals surface area contributed by atoms with E-state index in [0.717, 1.165) is 42.8 Å². The summed E-state index contributed by atoms with van der Waals surface area (Å²) in [6.07, 6.45) is 5.99. The van der Waals surface area contributed by atoms with E-state index in [4.69, 9.17) is 10.5 Å². The van der Waals surface area contributed by atoms with E-state index in [2.05, 4.69) is 27.8 Å². The topological polar surface area (TPSA) is 38.5 Å². The Bertz CT molecular complexity index is 419. The maximum absolute atomic E-state index is 6.01. The first-order valence-corrected chi connectivity index (χ1v) is 8.86. The van der Waals surface area contributed by atoms with Crippen molar-refractivity contribution in [2.24, 2.45) is 5.73 Å². The van der Waals surface area contributed by atoms with E-state index in [1.54, 1.807) is 0 Å². The number of nitrogens with zero attached hydrogens (tertiary/aromatic N) is 1. The minimum absolute atomic E-state index is 0.419. The third-order valence-corrected chi connectivity index (χ3v) is 4.71. The molecule has 1 aromatic rings. The van der Waals surface area contributed by atoms with Crippen LogP contribution in [0.25, 0.3) is 0 Å². The normalized spacial score (nSPS) is 22.5. The Morgan fingerprint density at radius 2 is 2.00 bits per heavy atom. The molecule has 21 heavy (non-hydrogen) atoms. The van der Waals surface area contributed by atoms with Crippen LogP contribution in [0.4, 0.5) is 0 Å². The van der Waals surface area contributed by atoms with Crippen LogP contribution in [0.3, 0.4) is 0 Å². The highest BCUT2D eigenvalue weighted by atomic mass is 79.9. The predicted molar refractivity (Wildman–Crippen MR) is 91.7 cm³/mol. The molecule has 0 aromatic heterocycles. The number of nitrogens with two attached hydrogens (primary N) is 1. The highest BCUT2D eigenvalue weighted by molar-refractivity contribution is 9.10. The van der Waals surface area contributed by atoms with Crippen molar-refractivity contribution in [2.45, 2.75) is 51.1 Å². The van der Waals surface area contributed by atoms with Crippen LogP contribution in [0.2, 0.25) is 0 Å². The van der Waals surface area contributed by atoms with Crippen molar-refractivity contribution >= 4 is 15.9 Å². The SMILES string of the molecule is CCCN(CCOc1cccc(Br)c1)C1CCC(N)CC1. The highest BCUT2D eigenvalue weighted by Crippen LogP contribution is 2.22. The Balaban J connectivity index is 1.79. The molecule has 0 radical (unpaired) electrons. The largest absolute Gasteiger partial charge is 0.492 e. The zero-order valence-corrected chi connectivity index (χ0v) is 14.5. The van der Waals surface area contributed by atoms with Crippen molar-refractivity contribution in [3.8, 4) is 5.75 Å². The smallest absolute Gasteiger partial charge is 0.120 e. The molecule has 3 nitrogen and oxygen atoms in total. The van der Waals surface area contributed by atoms with Crippen LogP contribution in [-0.2, 0) is 0 Å². The number of halogens is 1. The Morgan fingerprint density at radius 3 is 2.67 bits per heavy atom. The van der Waals surface area contributed by atoms with E-state index in [1.165, 1.54) is 19.3 Å². The van der Waals surface area contributed by atoms with Gasteiger partial charge in [0.15, 0.2) is 0 Å². The Morgan fingerprint density at radius 1 is 1.24 bits per heavy atom. The highest BCUT2D eigenvalue weighted by Gasteiger charge is 2.23. The van der Waals surface area contributed by atoms with Gasteiger partial charge in [-0.25, -0.2) is 0 Å². The fourth-order valence-corrected chi connectivity index (χ4v) is 3.45. The molecule has 1 aromatic carbocycles. The molecular formula is C17H27BrN2O. The molecule has 0 heterocycles. The summed E-state index contributed by atoms with van der Waals surface area (Å²) in [5.41, 5.74) is 6.01. The average molecular weight is 355 g/mol. The lowest BCUT2D eigenvalue weighted by Crippen LogP contribution is -2.43. The van der Waals surface area contributed by atoms with Gasteiger partial charge >= 0.3 is 0 Å². The Kier molecular flexibility index (Phi) is 7.00. The third kappa shape index (κ3) is 5.61. The first-order valence-electron chi connectivity index (χ1n) is 8.07. The van der Waals surface area contributed by atoms with Crippen molar-refractivity contribution < 1.29 is 4.74 Å². The van der Waals surface area contributed by atoms with Crippen LogP contribution in [0, 0.1) is 0 Å². The predicted octanol–water partition coefficient (Wildman–Crippen LogP) is 3.81. The first kappa shape index (κ1) is 16.8. The molecular weight excluding hydrogens is 328 g/mol. The Hall–Kier alpha value is -0.580. The zero-order valence-electron chi connectivity index (χ0n) is 12.9. The number of hydrogen-bond acceptors (Lipinski definition) is 3. The molecule has 118 valence electrons. The lowest BCUT2D eigenvalue weighted by molar-refractivity contribution is 0.126. The van der Waals surface area contributed by atoms with Crippen molar-refractivity contribution in [3.05, 3.63) is 28.7 Å². The summed E-state index contributed by atoms with van der Waals surface area (Å²) in [7, 11) is 0. The van der Waals surface area contributed by atoms with Crippen LogP contribution < -0.4 is 10.5 Å². The summed E-state index contributed by atoms with van der Waals surface area (Å²) in [5.74, 6) is 0.937. The van der Waals surface area contributed by atoms with Gasteiger partial charge in [0, 0.05) is 23.1 Å². The summed E-state index contributed by atoms with van der Waals surface area (Å²) in [6.45, 7) is 5.15. The summed E-state index contributed by atoms with van der Waals surface area (Å²) in [4.78, 5) is 2.59. The van der Waals surface area contributed by atoms with Gasteiger partial charge in [-0.2, -0.15) is 0 Å². The van der Waals surface area contributed by atoms with Crippen LogP contribution in [0.5, 0.6) is 5.75 Å². The maximum atomic E-state index is 6.01.